The Morgan fingerprint density at radius 2 is 1.57 bits per heavy atom. The molecule has 0 aliphatic rings. The molecule has 0 aliphatic heterocycles. The van der Waals surface area contributed by atoms with E-state index in [1.807, 2.05) is 72.2 Å². The standard InChI is InChI=1S/C26H27N5O3S/c1-18(25(32)28-17-12-19-4-8-22(33-2)9-5-19)35-26-30-29-24(20-13-15-27-16-14-20)31(26)21-6-10-23(34-3)11-7-21/h4-11,13-16,18H,12,17H2,1-3H3,(H,28,32). The molecule has 1 atom stereocenters. The molecule has 0 spiro atoms. The summed E-state index contributed by atoms with van der Waals surface area (Å²) in [6, 6.07) is 19.3. The number of nitrogens with zero attached hydrogens (tertiary/aromatic N) is 4. The number of hydrogen-bond acceptors (Lipinski definition) is 7. The summed E-state index contributed by atoms with van der Waals surface area (Å²) < 4.78 is 12.4. The summed E-state index contributed by atoms with van der Waals surface area (Å²) in [6.45, 7) is 2.41. The number of methoxy groups -OCH3 is 2. The van der Waals surface area contributed by atoms with Crippen LogP contribution >= 0.6 is 11.8 Å². The molecular weight excluding hydrogens is 462 g/mol. The second-order valence-corrected chi connectivity index (χ2v) is 9.03. The van der Waals surface area contributed by atoms with E-state index < -0.39 is 0 Å². The average Bonchev–Trinajstić information content (AvgIpc) is 3.33. The number of hydrogen-bond donors (Lipinski definition) is 1. The molecule has 0 radical (unpaired) electrons. The van der Waals surface area contributed by atoms with Crippen LogP contribution in [-0.2, 0) is 11.2 Å². The van der Waals surface area contributed by atoms with Gasteiger partial charge in [-0.25, -0.2) is 0 Å². The van der Waals surface area contributed by atoms with Gasteiger partial charge in [0.05, 0.1) is 19.5 Å². The number of benzene rings is 2. The van der Waals surface area contributed by atoms with Gasteiger partial charge in [0.25, 0.3) is 0 Å². The molecule has 0 fully saturated rings. The summed E-state index contributed by atoms with van der Waals surface area (Å²) in [5, 5.41) is 12.1. The highest BCUT2D eigenvalue weighted by molar-refractivity contribution is 8.00. The second kappa shape index (κ2) is 11.5. The maximum Gasteiger partial charge on any atom is 0.233 e. The van der Waals surface area contributed by atoms with Gasteiger partial charge < -0.3 is 14.8 Å². The minimum Gasteiger partial charge on any atom is -0.497 e. The topological polar surface area (TPSA) is 91.2 Å². The average molecular weight is 490 g/mol. The van der Waals surface area contributed by atoms with Crippen LogP contribution in [0.3, 0.4) is 0 Å². The lowest BCUT2D eigenvalue weighted by Gasteiger charge is -2.14. The first-order valence-electron chi connectivity index (χ1n) is 11.2. The molecule has 9 heteroatoms. The van der Waals surface area contributed by atoms with Crippen LogP contribution in [0.15, 0.2) is 78.2 Å². The predicted octanol–water partition coefficient (Wildman–Crippen LogP) is 4.19. The molecule has 1 unspecified atom stereocenters. The maximum atomic E-state index is 12.8. The summed E-state index contributed by atoms with van der Waals surface area (Å²) in [5.41, 5.74) is 2.89. The third-order valence-corrected chi connectivity index (χ3v) is 6.47. The zero-order valence-corrected chi connectivity index (χ0v) is 20.7. The fraction of sp³-hybridized carbons (Fsp3) is 0.231. The smallest absolute Gasteiger partial charge is 0.233 e. The summed E-state index contributed by atoms with van der Waals surface area (Å²) in [7, 11) is 3.27. The van der Waals surface area contributed by atoms with Crippen LogP contribution in [-0.4, -0.2) is 51.7 Å². The van der Waals surface area contributed by atoms with Crippen molar-refractivity contribution in [1.29, 1.82) is 0 Å². The zero-order valence-electron chi connectivity index (χ0n) is 19.8. The summed E-state index contributed by atoms with van der Waals surface area (Å²) in [6.07, 6.45) is 4.17. The number of carbonyl (C=O) groups is 1. The van der Waals surface area contributed by atoms with Crippen molar-refractivity contribution in [2.24, 2.45) is 0 Å². The highest BCUT2D eigenvalue weighted by Crippen LogP contribution is 2.30. The molecule has 4 aromatic rings. The van der Waals surface area contributed by atoms with Gasteiger partial charge in [-0.3, -0.25) is 14.3 Å². The number of aromatic nitrogens is 4. The molecule has 1 N–H and O–H groups in total. The van der Waals surface area contributed by atoms with Crippen molar-refractivity contribution in [3.05, 3.63) is 78.6 Å². The van der Waals surface area contributed by atoms with Gasteiger partial charge in [-0.2, -0.15) is 0 Å². The first kappa shape index (κ1) is 24.3. The Morgan fingerprint density at radius 1 is 0.943 bits per heavy atom. The SMILES string of the molecule is COc1ccc(CCNC(=O)C(C)Sc2nnc(-c3ccncc3)n2-c2ccc(OC)cc2)cc1. The molecule has 0 aliphatic carbocycles. The van der Waals surface area contributed by atoms with E-state index in [4.69, 9.17) is 9.47 Å². The second-order valence-electron chi connectivity index (χ2n) is 7.72. The number of ether oxygens (including phenoxy) is 2. The summed E-state index contributed by atoms with van der Waals surface area (Å²) in [4.78, 5) is 16.9. The van der Waals surface area contributed by atoms with Crippen molar-refractivity contribution in [3.8, 4) is 28.6 Å². The van der Waals surface area contributed by atoms with Gasteiger partial charge in [0.1, 0.15) is 11.5 Å². The number of carbonyl (C=O) groups excluding carboxylic acids is 1. The molecule has 0 saturated carbocycles. The monoisotopic (exact) mass is 489 g/mol. The molecule has 0 saturated heterocycles. The maximum absolute atomic E-state index is 12.8. The fourth-order valence-electron chi connectivity index (χ4n) is 3.48. The lowest BCUT2D eigenvalue weighted by atomic mass is 10.1. The highest BCUT2D eigenvalue weighted by atomic mass is 32.2. The third kappa shape index (κ3) is 5.99. The molecule has 8 nitrogen and oxygen atoms in total. The molecule has 180 valence electrons. The van der Waals surface area contributed by atoms with E-state index in [0.29, 0.717) is 17.5 Å². The lowest BCUT2D eigenvalue weighted by Crippen LogP contribution is -2.32. The van der Waals surface area contributed by atoms with E-state index in [1.165, 1.54) is 11.8 Å². The van der Waals surface area contributed by atoms with Crippen molar-refractivity contribution in [2.75, 3.05) is 20.8 Å². The van der Waals surface area contributed by atoms with Gasteiger partial charge >= 0.3 is 0 Å². The minimum atomic E-state index is -0.364. The van der Waals surface area contributed by atoms with Gasteiger partial charge in [0.15, 0.2) is 11.0 Å². The van der Waals surface area contributed by atoms with Crippen molar-refractivity contribution < 1.29 is 14.3 Å². The Hall–Kier alpha value is -3.85. The van der Waals surface area contributed by atoms with Crippen LogP contribution < -0.4 is 14.8 Å². The number of amides is 1. The Balaban J connectivity index is 1.48. The van der Waals surface area contributed by atoms with Crippen LogP contribution in [0.1, 0.15) is 12.5 Å². The molecule has 2 heterocycles. The van der Waals surface area contributed by atoms with Crippen LogP contribution in [0, 0.1) is 0 Å². The van der Waals surface area contributed by atoms with Crippen LogP contribution in [0.4, 0.5) is 0 Å². The first-order valence-corrected chi connectivity index (χ1v) is 12.0. The molecule has 4 rings (SSSR count). The Labute approximate surface area is 208 Å². The van der Waals surface area contributed by atoms with Gasteiger partial charge in [0.2, 0.25) is 5.91 Å². The van der Waals surface area contributed by atoms with Crippen LogP contribution in [0.5, 0.6) is 11.5 Å². The van der Waals surface area contributed by atoms with Crippen LogP contribution in [0.25, 0.3) is 17.1 Å². The van der Waals surface area contributed by atoms with Gasteiger partial charge in [0, 0.05) is 30.2 Å². The third-order valence-electron chi connectivity index (χ3n) is 5.43. The largest absolute Gasteiger partial charge is 0.497 e. The quantitative estimate of drug-likeness (QED) is 0.334. The van der Waals surface area contributed by atoms with Crippen molar-refractivity contribution in [1.82, 2.24) is 25.1 Å². The molecule has 1 amide bonds. The predicted molar refractivity (Wildman–Crippen MR) is 136 cm³/mol. The number of thioether (sulfide) groups is 1. The van der Waals surface area contributed by atoms with E-state index in [2.05, 4.69) is 20.5 Å². The van der Waals surface area contributed by atoms with Crippen LogP contribution in [0.2, 0.25) is 0 Å². The number of nitrogens with one attached hydrogen (secondary N) is 1. The summed E-state index contributed by atoms with van der Waals surface area (Å²) in [5.74, 6) is 2.19. The summed E-state index contributed by atoms with van der Waals surface area (Å²) >= 11 is 1.36. The van der Waals surface area contributed by atoms with Gasteiger partial charge in [-0.05, 0) is 67.4 Å². The number of rotatable bonds is 10. The Kier molecular flexibility index (Phi) is 7.99. The van der Waals surface area contributed by atoms with E-state index >= 15 is 0 Å². The van der Waals surface area contributed by atoms with Gasteiger partial charge in [-0.15, -0.1) is 10.2 Å². The lowest BCUT2D eigenvalue weighted by molar-refractivity contribution is -0.120. The Morgan fingerprint density at radius 3 is 2.20 bits per heavy atom. The Bertz CT molecular complexity index is 1240. The van der Waals surface area contributed by atoms with E-state index in [9.17, 15) is 4.79 Å². The van der Waals surface area contributed by atoms with Crippen molar-refractivity contribution in [2.45, 2.75) is 23.8 Å². The fourth-order valence-corrected chi connectivity index (χ4v) is 4.37. The van der Waals surface area contributed by atoms with E-state index in [-0.39, 0.29) is 11.2 Å². The molecule has 35 heavy (non-hydrogen) atoms. The molecule has 2 aromatic heterocycles. The van der Waals surface area contributed by atoms with Gasteiger partial charge in [-0.1, -0.05) is 23.9 Å². The van der Waals surface area contributed by atoms with Crippen molar-refractivity contribution in [3.63, 3.8) is 0 Å². The highest BCUT2D eigenvalue weighted by Gasteiger charge is 2.22. The molecule has 2 aromatic carbocycles. The first-order chi connectivity index (χ1) is 17.1. The van der Waals surface area contributed by atoms with E-state index in [0.717, 1.165) is 34.7 Å². The normalized spacial score (nSPS) is 11.6. The number of pyridine rings is 1. The molecular formula is C26H27N5O3S. The van der Waals surface area contributed by atoms with Crippen molar-refractivity contribution >= 4 is 17.7 Å². The minimum absolute atomic E-state index is 0.0572. The zero-order chi connectivity index (χ0) is 24.6. The van der Waals surface area contributed by atoms with E-state index in [1.54, 1.807) is 26.6 Å². The molecule has 0 bridgehead atoms.